The Balaban J connectivity index is 2.99. The molecular formula is C13H21N3O2. The van der Waals surface area contributed by atoms with Crippen LogP contribution < -0.4 is 21.1 Å². The van der Waals surface area contributed by atoms with E-state index in [-0.39, 0.29) is 12.5 Å². The van der Waals surface area contributed by atoms with Crippen molar-refractivity contribution in [2.24, 2.45) is 5.73 Å². The summed E-state index contributed by atoms with van der Waals surface area (Å²) in [5.41, 5.74) is 12.6. The number of primary amides is 1. The standard InChI is InChI=1S/C13H21N3O2/c1-3-4-8-16(9-12(14)17)10-6-5-7-11(18-2)13(10)15/h5-7H,3-4,8-9,15H2,1-2H3,(H2,14,17). The van der Waals surface area contributed by atoms with Gasteiger partial charge in [0.1, 0.15) is 5.75 Å². The number of rotatable bonds is 7. The summed E-state index contributed by atoms with van der Waals surface area (Å²) in [4.78, 5) is 13.0. The summed E-state index contributed by atoms with van der Waals surface area (Å²) in [6.07, 6.45) is 2.02. The molecule has 0 fully saturated rings. The van der Waals surface area contributed by atoms with Crippen LogP contribution in [0.4, 0.5) is 11.4 Å². The average Bonchev–Trinajstić information content (AvgIpc) is 2.34. The van der Waals surface area contributed by atoms with Crippen LogP contribution in [0.2, 0.25) is 0 Å². The predicted molar refractivity (Wildman–Crippen MR) is 73.7 cm³/mol. The fourth-order valence-corrected chi connectivity index (χ4v) is 1.81. The van der Waals surface area contributed by atoms with E-state index in [1.54, 1.807) is 13.2 Å². The quantitative estimate of drug-likeness (QED) is 0.717. The Morgan fingerprint density at radius 2 is 2.17 bits per heavy atom. The minimum absolute atomic E-state index is 0.164. The van der Waals surface area contributed by atoms with Gasteiger partial charge in [-0.05, 0) is 18.6 Å². The third kappa shape index (κ3) is 3.55. The van der Waals surface area contributed by atoms with Crippen molar-refractivity contribution in [2.45, 2.75) is 19.8 Å². The maximum Gasteiger partial charge on any atom is 0.236 e. The lowest BCUT2D eigenvalue weighted by Gasteiger charge is -2.25. The molecule has 0 aliphatic carbocycles. The smallest absolute Gasteiger partial charge is 0.236 e. The number of amides is 1. The van der Waals surface area contributed by atoms with E-state index in [1.807, 2.05) is 17.0 Å². The highest BCUT2D eigenvalue weighted by Crippen LogP contribution is 2.31. The summed E-state index contributed by atoms with van der Waals surface area (Å²) in [7, 11) is 1.57. The molecule has 0 radical (unpaired) electrons. The second-order valence-corrected chi connectivity index (χ2v) is 4.13. The lowest BCUT2D eigenvalue weighted by Crippen LogP contribution is -2.35. The molecule has 100 valence electrons. The molecule has 1 amide bonds. The molecule has 0 heterocycles. The molecule has 0 saturated heterocycles. The van der Waals surface area contributed by atoms with Crippen LogP contribution in [0.1, 0.15) is 19.8 Å². The number of carbonyl (C=O) groups is 1. The minimum Gasteiger partial charge on any atom is -0.495 e. The van der Waals surface area contributed by atoms with Gasteiger partial charge in [0.2, 0.25) is 5.91 Å². The number of carbonyl (C=O) groups excluding carboxylic acids is 1. The molecule has 1 rings (SSSR count). The van der Waals surface area contributed by atoms with Crippen LogP contribution in [0.3, 0.4) is 0 Å². The van der Waals surface area contributed by atoms with Crippen molar-refractivity contribution in [3.8, 4) is 5.75 Å². The normalized spacial score (nSPS) is 10.1. The largest absolute Gasteiger partial charge is 0.495 e. The summed E-state index contributed by atoms with van der Waals surface area (Å²) < 4.78 is 5.18. The summed E-state index contributed by atoms with van der Waals surface area (Å²) in [6.45, 7) is 3.01. The molecule has 5 heteroatoms. The first-order valence-corrected chi connectivity index (χ1v) is 6.05. The number of methoxy groups -OCH3 is 1. The van der Waals surface area contributed by atoms with Gasteiger partial charge in [-0.3, -0.25) is 4.79 Å². The van der Waals surface area contributed by atoms with Gasteiger partial charge < -0.3 is 21.1 Å². The van der Waals surface area contributed by atoms with Gasteiger partial charge in [-0.1, -0.05) is 19.4 Å². The maximum atomic E-state index is 11.1. The van der Waals surface area contributed by atoms with Crippen LogP contribution in [0.5, 0.6) is 5.75 Å². The summed E-state index contributed by atoms with van der Waals surface area (Å²) >= 11 is 0. The first-order chi connectivity index (χ1) is 8.60. The molecule has 0 saturated carbocycles. The van der Waals surface area contributed by atoms with E-state index in [0.717, 1.165) is 25.1 Å². The van der Waals surface area contributed by atoms with Crippen molar-refractivity contribution in [3.05, 3.63) is 18.2 Å². The Labute approximate surface area is 108 Å². The molecule has 1 aromatic rings. The fraction of sp³-hybridized carbons (Fsp3) is 0.462. The van der Waals surface area contributed by atoms with E-state index in [0.29, 0.717) is 11.4 Å². The van der Waals surface area contributed by atoms with E-state index >= 15 is 0 Å². The Kier molecular flexibility index (Phi) is 5.30. The molecule has 0 unspecified atom stereocenters. The Bertz CT molecular complexity index is 407. The van der Waals surface area contributed by atoms with Crippen molar-refractivity contribution in [1.29, 1.82) is 0 Å². The van der Waals surface area contributed by atoms with Gasteiger partial charge in [-0.2, -0.15) is 0 Å². The summed E-state index contributed by atoms with van der Waals surface area (Å²) in [5, 5.41) is 0. The lowest BCUT2D eigenvalue weighted by atomic mass is 10.2. The Morgan fingerprint density at radius 1 is 1.44 bits per heavy atom. The van der Waals surface area contributed by atoms with Gasteiger partial charge in [0, 0.05) is 6.54 Å². The van der Waals surface area contributed by atoms with Crippen LogP contribution in [-0.4, -0.2) is 26.1 Å². The number of nitrogens with zero attached hydrogens (tertiary/aromatic N) is 1. The zero-order chi connectivity index (χ0) is 13.5. The Morgan fingerprint density at radius 3 is 2.72 bits per heavy atom. The number of hydrogen-bond donors (Lipinski definition) is 2. The van der Waals surface area contributed by atoms with Crippen molar-refractivity contribution in [2.75, 3.05) is 30.8 Å². The van der Waals surface area contributed by atoms with Crippen molar-refractivity contribution in [3.63, 3.8) is 0 Å². The molecule has 0 atom stereocenters. The molecule has 0 aliphatic rings. The van der Waals surface area contributed by atoms with Gasteiger partial charge in [-0.25, -0.2) is 0 Å². The maximum absolute atomic E-state index is 11.1. The van der Waals surface area contributed by atoms with Crippen molar-refractivity contribution in [1.82, 2.24) is 0 Å². The molecule has 5 nitrogen and oxygen atoms in total. The number of hydrogen-bond acceptors (Lipinski definition) is 4. The number of anilines is 2. The van der Waals surface area contributed by atoms with Gasteiger partial charge in [0.25, 0.3) is 0 Å². The molecule has 0 aliphatic heterocycles. The Hall–Kier alpha value is -1.91. The highest BCUT2D eigenvalue weighted by Gasteiger charge is 2.14. The number of ether oxygens (including phenoxy) is 1. The van der Waals surface area contributed by atoms with E-state index in [2.05, 4.69) is 6.92 Å². The van der Waals surface area contributed by atoms with Crippen molar-refractivity contribution >= 4 is 17.3 Å². The number of nitrogen functional groups attached to an aromatic ring is 1. The highest BCUT2D eigenvalue weighted by molar-refractivity contribution is 5.83. The van der Waals surface area contributed by atoms with Crippen LogP contribution in [0.25, 0.3) is 0 Å². The predicted octanol–water partition coefficient (Wildman–Crippen LogP) is 1.37. The summed E-state index contributed by atoms with van der Waals surface area (Å²) in [5.74, 6) is 0.242. The second kappa shape index (κ2) is 6.74. The van der Waals surface area contributed by atoms with Gasteiger partial charge >= 0.3 is 0 Å². The van der Waals surface area contributed by atoms with E-state index in [9.17, 15) is 4.79 Å². The zero-order valence-electron chi connectivity index (χ0n) is 11.0. The first-order valence-electron chi connectivity index (χ1n) is 6.05. The number of benzene rings is 1. The third-order valence-corrected chi connectivity index (χ3v) is 2.73. The lowest BCUT2D eigenvalue weighted by molar-refractivity contribution is -0.116. The van der Waals surface area contributed by atoms with Gasteiger partial charge in [0.05, 0.1) is 25.0 Å². The van der Waals surface area contributed by atoms with Crippen LogP contribution in [-0.2, 0) is 4.79 Å². The number of unbranched alkanes of at least 4 members (excludes halogenated alkanes) is 1. The van der Waals surface area contributed by atoms with Gasteiger partial charge in [0.15, 0.2) is 0 Å². The minimum atomic E-state index is -0.367. The molecule has 0 spiro atoms. The van der Waals surface area contributed by atoms with Crippen LogP contribution in [0.15, 0.2) is 18.2 Å². The van der Waals surface area contributed by atoms with E-state index in [4.69, 9.17) is 16.2 Å². The fourth-order valence-electron chi connectivity index (χ4n) is 1.81. The number of para-hydroxylation sites is 1. The van der Waals surface area contributed by atoms with Crippen molar-refractivity contribution < 1.29 is 9.53 Å². The third-order valence-electron chi connectivity index (χ3n) is 2.73. The topological polar surface area (TPSA) is 81.6 Å². The SMILES string of the molecule is CCCCN(CC(N)=O)c1cccc(OC)c1N. The molecule has 0 bridgehead atoms. The first kappa shape index (κ1) is 14.2. The molecule has 4 N–H and O–H groups in total. The molecule has 18 heavy (non-hydrogen) atoms. The van der Waals surface area contributed by atoms with Gasteiger partial charge in [-0.15, -0.1) is 0 Å². The van der Waals surface area contributed by atoms with Crippen LogP contribution in [0, 0.1) is 0 Å². The molecule has 0 aromatic heterocycles. The number of nitrogens with two attached hydrogens (primary N) is 2. The molecular weight excluding hydrogens is 230 g/mol. The van der Waals surface area contributed by atoms with E-state index in [1.165, 1.54) is 0 Å². The van der Waals surface area contributed by atoms with E-state index < -0.39 is 0 Å². The zero-order valence-corrected chi connectivity index (χ0v) is 11.0. The molecule has 1 aromatic carbocycles. The highest BCUT2D eigenvalue weighted by atomic mass is 16.5. The average molecular weight is 251 g/mol. The summed E-state index contributed by atoms with van der Waals surface area (Å²) in [6, 6.07) is 5.52. The monoisotopic (exact) mass is 251 g/mol. The second-order valence-electron chi connectivity index (χ2n) is 4.13. The van der Waals surface area contributed by atoms with Crippen LogP contribution >= 0.6 is 0 Å².